The number of carbonyl (C=O) groups is 1. The summed E-state index contributed by atoms with van der Waals surface area (Å²) in [5.74, 6) is 0.0251. The van der Waals surface area contributed by atoms with E-state index in [1.165, 1.54) is 0 Å². The zero-order chi connectivity index (χ0) is 18.7. The molecule has 1 heterocycles. The zero-order valence-corrected chi connectivity index (χ0v) is 15.6. The van der Waals surface area contributed by atoms with Crippen molar-refractivity contribution in [3.05, 3.63) is 64.3 Å². The number of halogens is 2. The van der Waals surface area contributed by atoms with Crippen LogP contribution in [-0.4, -0.2) is 28.7 Å². The third-order valence-electron chi connectivity index (χ3n) is 4.04. The van der Waals surface area contributed by atoms with Crippen molar-refractivity contribution in [2.24, 2.45) is 7.05 Å². The summed E-state index contributed by atoms with van der Waals surface area (Å²) >= 11 is 11.8. The van der Waals surface area contributed by atoms with Crippen LogP contribution in [0.3, 0.4) is 0 Å². The van der Waals surface area contributed by atoms with E-state index in [0.717, 1.165) is 16.5 Å². The molecule has 0 saturated heterocycles. The summed E-state index contributed by atoms with van der Waals surface area (Å²) in [4.78, 5) is 11.9. The van der Waals surface area contributed by atoms with Gasteiger partial charge in [0.25, 0.3) is 5.91 Å². The molecule has 0 bridgehead atoms. The standard InChI is InChI=1S/C19H18Cl2N2O3/c1-23-7-6-12-8-13(2-4-16(12)23)17(24)10-22-19(25)11-26-18-5-3-14(20)9-15(18)21/h2-9,17,24H,10-11H2,1H3,(H,22,25)/t17-/m1/s1. The number of rotatable bonds is 6. The lowest BCUT2D eigenvalue weighted by Gasteiger charge is -2.13. The van der Waals surface area contributed by atoms with Gasteiger partial charge in [-0.2, -0.15) is 0 Å². The lowest BCUT2D eigenvalue weighted by Crippen LogP contribution is -2.32. The molecule has 26 heavy (non-hydrogen) atoms. The lowest BCUT2D eigenvalue weighted by molar-refractivity contribution is -0.123. The molecule has 0 saturated carbocycles. The van der Waals surface area contributed by atoms with Gasteiger partial charge in [-0.25, -0.2) is 0 Å². The molecule has 3 aromatic rings. The van der Waals surface area contributed by atoms with Gasteiger partial charge in [0.15, 0.2) is 6.61 Å². The van der Waals surface area contributed by atoms with Crippen LogP contribution in [0.5, 0.6) is 5.75 Å². The van der Waals surface area contributed by atoms with Crippen LogP contribution in [0.15, 0.2) is 48.7 Å². The second-order valence-corrected chi connectivity index (χ2v) is 6.77. The first-order chi connectivity index (χ1) is 12.4. The number of hydrogen-bond acceptors (Lipinski definition) is 3. The summed E-state index contributed by atoms with van der Waals surface area (Å²) in [6.07, 6.45) is 1.16. The first-order valence-corrected chi connectivity index (χ1v) is 8.77. The average Bonchev–Trinajstić information content (AvgIpc) is 2.99. The van der Waals surface area contributed by atoms with E-state index < -0.39 is 6.10 Å². The highest BCUT2D eigenvalue weighted by molar-refractivity contribution is 6.35. The Morgan fingerprint density at radius 3 is 2.81 bits per heavy atom. The SMILES string of the molecule is Cn1ccc2cc([C@H](O)CNC(=O)COc3ccc(Cl)cc3Cl)ccc21. The minimum absolute atomic E-state index is 0.0921. The van der Waals surface area contributed by atoms with E-state index in [4.69, 9.17) is 27.9 Å². The summed E-state index contributed by atoms with van der Waals surface area (Å²) < 4.78 is 7.37. The average molecular weight is 393 g/mol. The smallest absolute Gasteiger partial charge is 0.258 e. The third kappa shape index (κ3) is 4.30. The topological polar surface area (TPSA) is 63.5 Å². The Hall–Kier alpha value is -2.21. The normalized spacial score (nSPS) is 12.2. The largest absolute Gasteiger partial charge is 0.482 e. The molecule has 3 rings (SSSR count). The van der Waals surface area contributed by atoms with Crippen molar-refractivity contribution >= 4 is 40.0 Å². The molecule has 1 aromatic heterocycles. The molecule has 0 unspecified atom stereocenters. The number of amides is 1. The number of aliphatic hydroxyl groups excluding tert-OH is 1. The van der Waals surface area contributed by atoms with Gasteiger partial charge in [0, 0.05) is 30.3 Å². The summed E-state index contributed by atoms with van der Waals surface area (Å²) in [5.41, 5.74) is 1.82. The van der Waals surface area contributed by atoms with Crippen LogP contribution in [0.2, 0.25) is 10.0 Å². The molecule has 136 valence electrons. The number of aromatic nitrogens is 1. The Morgan fingerprint density at radius 1 is 1.23 bits per heavy atom. The monoisotopic (exact) mass is 392 g/mol. The van der Waals surface area contributed by atoms with Gasteiger partial charge in [-0.05, 0) is 47.3 Å². The van der Waals surface area contributed by atoms with E-state index in [9.17, 15) is 9.90 Å². The molecule has 0 aliphatic carbocycles. The number of nitrogens with one attached hydrogen (secondary N) is 1. The van der Waals surface area contributed by atoms with E-state index in [1.54, 1.807) is 18.2 Å². The third-order valence-corrected chi connectivity index (χ3v) is 4.57. The van der Waals surface area contributed by atoms with Gasteiger partial charge in [-0.15, -0.1) is 0 Å². The van der Waals surface area contributed by atoms with Crippen molar-refractivity contribution in [2.45, 2.75) is 6.10 Å². The number of benzene rings is 2. The van der Waals surface area contributed by atoms with E-state index in [1.807, 2.05) is 42.1 Å². The molecular formula is C19H18Cl2N2O3. The minimum Gasteiger partial charge on any atom is -0.482 e. The quantitative estimate of drug-likeness (QED) is 0.671. The fraction of sp³-hybridized carbons (Fsp3) is 0.211. The van der Waals surface area contributed by atoms with Gasteiger partial charge in [0.05, 0.1) is 11.1 Å². The molecule has 0 aliphatic rings. The van der Waals surface area contributed by atoms with Crippen LogP contribution in [-0.2, 0) is 11.8 Å². The number of hydrogen-bond donors (Lipinski definition) is 2. The second kappa shape index (κ2) is 7.99. The van der Waals surface area contributed by atoms with E-state index in [-0.39, 0.29) is 19.1 Å². The van der Waals surface area contributed by atoms with Crippen molar-refractivity contribution in [2.75, 3.05) is 13.2 Å². The fourth-order valence-corrected chi connectivity index (χ4v) is 3.09. The maximum atomic E-state index is 11.9. The van der Waals surface area contributed by atoms with E-state index in [2.05, 4.69) is 5.32 Å². The number of fused-ring (bicyclic) bond motifs is 1. The van der Waals surface area contributed by atoms with Gasteiger partial charge in [-0.3, -0.25) is 4.79 Å². The van der Waals surface area contributed by atoms with Crippen molar-refractivity contribution in [3.8, 4) is 5.75 Å². The zero-order valence-electron chi connectivity index (χ0n) is 14.1. The highest BCUT2D eigenvalue weighted by atomic mass is 35.5. The molecule has 7 heteroatoms. The van der Waals surface area contributed by atoms with Crippen molar-refractivity contribution < 1.29 is 14.6 Å². The Morgan fingerprint density at radius 2 is 2.04 bits per heavy atom. The van der Waals surface area contributed by atoms with Gasteiger partial charge in [0.1, 0.15) is 5.75 Å². The first-order valence-electron chi connectivity index (χ1n) is 8.01. The Kier molecular flexibility index (Phi) is 5.71. The fourth-order valence-electron chi connectivity index (χ4n) is 2.62. The van der Waals surface area contributed by atoms with Crippen LogP contribution >= 0.6 is 23.2 Å². The van der Waals surface area contributed by atoms with E-state index >= 15 is 0 Å². The molecule has 2 aromatic carbocycles. The molecule has 1 atom stereocenters. The Labute approximate surface area is 161 Å². The summed E-state index contributed by atoms with van der Waals surface area (Å²) in [6, 6.07) is 12.5. The number of aryl methyl sites for hydroxylation is 1. The lowest BCUT2D eigenvalue weighted by atomic mass is 10.1. The number of aliphatic hydroxyl groups is 1. The predicted molar refractivity (Wildman–Crippen MR) is 103 cm³/mol. The van der Waals surface area contributed by atoms with E-state index in [0.29, 0.717) is 15.8 Å². The number of ether oxygens (including phenoxy) is 1. The summed E-state index contributed by atoms with van der Waals surface area (Å²) in [5, 5.41) is 14.8. The summed E-state index contributed by atoms with van der Waals surface area (Å²) in [6.45, 7) is -0.110. The second-order valence-electron chi connectivity index (χ2n) is 5.93. The maximum absolute atomic E-state index is 11.9. The predicted octanol–water partition coefficient (Wildman–Crippen LogP) is 3.71. The van der Waals surface area contributed by atoms with Crippen LogP contribution in [0.1, 0.15) is 11.7 Å². The van der Waals surface area contributed by atoms with Crippen LogP contribution < -0.4 is 10.1 Å². The van der Waals surface area contributed by atoms with Crippen molar-refractivity contribution in [1.29, 1.82) is 0 Å². The molecule has 0 radical (unpaired) electrons. The van der Waals surface area contributed by atoms with Crippen LogP contribution in [0, 0.1) is 0 Å². The molecule has 0 fully saturated rings. The first kappa shape index (κ1) is 18.6. The molecule has 0 aliphatic heterocycles. The Balaban J connectivity index is 1.52. The van der Waals surface area contributed by atoms with Gasteiger partial charge >= 0.3 is 0 Å². The van der Waals surface area contributed by atoms with Gasteiger partial charge < -0.3 is 19.7 Å². The maximum Gasteiger partial charge on any atom is 0.258 e. The molecule has 2 N–H and O–H groups in total. The molecular weight excluding hydrogens is 375 g/mol. The molecule has 5 nitrogen and oxygen atoms in total. The minimum atomic E-state index is -0.803. The van der Waals surface area contributed by atoms with Crippen molar-refractivity contribution in [1.82, 2.24) is 9.88 Å². The van der Waals surface area contributed by atoms with Gasteiger partial charge in [0.2, 0.25) is 0 Å². The number of nitrogens with zero attached hydrogens (tertiary/aromatic N) is 1. The van der Waals surface area contributed by atoms with Crippen LogP contribution in [0.4, 0.5) is 0 Å². The molecule has 0 spiro atoms. The highest BCUT2D eigenvalue weighted by Gasteiger charge is 2.12. The number of carbonyl (C=O) groups excluding carboxylic acids is 1. The van der Waals surface area contributed by atoms with Crippen molar-refractivity contribution in [3.63, 3.8) is 0 Å². The molecule has 1 amide bonds. The highest BCUT2D eigenvalue weighted by Crippen LogP contribution is 2.27. The Bertz CT molecular complexity index is 940. The van der Waals surface area contributed by atoms with Crippen LogP contribution in [0.25, 0.3) is 10.9 Å². The summed E-state index contributed by atoms with van der Waals surface area (Å²) in [7, 11) is 1.96. The van der Waals surface area contributed by atoms with Gasteiger partial charge in [-0.1, -0.05) is 29.3 Å².